The molecule has 18 heteroatoms. The molecule has 2 aliphatic rings. The maximum atomic E-state index is 11.4. The number of nitrogens with one attached hydrogen (secondary N) is 2. The first-order chi connectivity index (χ1) is 25.4. The predicted octanol–water partition coefficient (Wildman–Crippen LogP) is 4.15. The Balaban J connectivity index is 0.000000162. The molecule has 0 saturated heterocycles. The number of H-pyrrole nitrogens is 2. The standard InChI is InChI=1S/2C17H15N3O6/c2*1-23-4-5-24-10-2-3-11-16(26-8-25-11)12(10)14-15-13(19-7-20-14)9(6-18-15)17(21)22/h2*2-3,6-7,18H,4-5,8H2,1H3,(H,21,22). The van der Waals surface area contributed by atoms with Crippen LogP contribution in [0.2, 0.25) is 0 Å². The average Bonchev–Trinajstić information content (AvgIpc) is 3.97. The topological polar surface area (TPSA) is 232 Å². The normalized spacial score (nSPS) is 12.5. The summed E-state index contributed by atoms with van der Waals surface area (Å²) >= 11 is 0. The molecule has 2 aliphatic heterocycles. The van der Waals surface area contributed by atoms with Crippen LogP contribution in [0.3, 0.4) is 0 Å². The van der Waals surface area contributed by atoms with Gasteiger partial charge in [-0.25, -0.2) is 29.5 Å². The third-order valence-corrected chi connectivity index (χ3v) is 7.95. The second kappa shape index (κ2) is 14.7. The number of ether oxygens (including phenoxy) is 8. The van der Waals surface area contributed by atoms with E-state index in [0.29, 0.717) is 106 Å². The summed E-state index contributed by atoms with van der Waals surface area (Å²) in [7, 11) is 3.18. The van der Waals surface area contributed by atoms with Gasteiger partial charge in [-0.05, 0) is 24.3 Å². The van der Waals surface area contributed by atoms with Crippen molar-refractivity contribution in [2.24, 2.45) is 0 Å². The second-order valence-corrected chi connectivity index (χ2v) is 10.9. The third kappa shape index (κ3) is 6.27. The summed E-state index contributed by atoms with van der Waals surface area (Å²) in [6.07, 6.45) is 5.40. The van der Waals surface area contributed by atoms with Crippen LogP contribution in [-0.4, -0.2) is 106 Å². The lowest BCUT2D eigenvalue weighted by Crippen LogP contribution is -2.06. The van der Waals surface area contributed by atoms with E-state index in [4.69, 9.17) is 37.9 Å². The lowest BCUT2D eigenvalue weighted by Gasteiger charge is -2.13. The summed E-state index contributed by atoms with van der Waals surface area (Å²) < 4.78 is 43.8. The highest BCUT2D eigenvalue weighted by atomic mass is 16.7. The number of aromatic nitrogens is 6. The zero-order valence-electron chi connectivity index (χ0n) is 27.6. The average molecular weight is 715 g/mol. The maximum Gasteiger partial charge on any atom is 0.339 e. The number of hydrogen-bond acceptors (Lipinski definition) is 14. The number of aromatic carboxylic acids is 2. The fourth-order valence-corrected chi connectivity index (χ4v) is 5.65. The number of fused-ring (bicyclic) bond motifs is 4. The van der Waals surface area contributed by atoms with Crippen LogP contribution in [0.1, 0.15) is 20.7 Å². The van der Waals surface area contributed by atoms with Gasteiger partial charge >= 0.3 is 11.9 Å². The SMILES string of the molecule is COCCOc1ccc2c(c1-c1ncnc3c(C(=O)O)c[nH]c13)OCO2.COCCOc1ccc2c(c1-c1ncnc3c(C(=O)O)c[nH]c13)OCO2. The summed E-state index contributed by atoms with van der Waals surface area (Å²) in [5, 5.41) is 18.6. The third-order valence-electron chi connectivity index (χ3n) is 7.95. The van der Waals surface area contributed by atoms with Gasteiger partial charge < -0.3 is 58.1 Å². The summed E-state index contributed by atoms with van der Waals surface area (Å²) in [4.78, 5) is 45.5. The minimum atomic E-state index is -1.07. The van der Waals surface area contributed by atoms with Crippen molar-refractivity contribution < 1.29 is 57.7 Å². The zero-order valence-corrected chi connectivity index (χ0v) is 27.6. The van der Waals surface area contributed by atoms with Crippen molar-refractivity contribution in [3.8, 4) is 57.0 Å². The fraction of sp³-hybridized carbons (Fsp3) is 0.235. The molecule has 0 unspecified atom stereocenters. The van der Waals surface area contributed by atoms with Crippen LogP contribution in [0.15, 0.2) is 49.3 Å². The molecule has 0 aliphatic carbocycles. The number of nitrogens with zero attached hydrogens (tertiary/aromatic N) is 4. The van der Waals surface area contributed by atoms with Gasteiger partial charge in [-0.1, -0.05) is 0 Å². The summed E-state index contributed by atoms with van der Waals surface area (Å²) in [6, 6.07) is 7.02. The quantitative estimate of drug-likeness (QED) is 0.130. The molecule has 4 aromatic heterocycles. The maximum absolute atomic E-state index is 11.4. The largest absolute Gasteiger partial charge is 0.490 e. The van der Waals surface area contributed by atoms with Gasteiger partial charge in [0.1, 0.15) is 70.9 Å². The smallest absolute Gasteiger partial charge is 0.339 e. The lowest BCUT2D eigenvalue weighted by molar-refractivity contribution is 0.0688. The van der Waals surface area contributed by atoms with Crippen molar-refractivity contribution >= 4 is 34.0 Å². The van der Waals surface area contributed by atoms with Crippen LogP contribution in [-0.2, 0) is 9.47 Å². The van der Waals surface area contributed by atoms with Gasteiger partial charge in [-0.2, -0.15) is 0 Å². The van der Waals surface area contributed by atoms with Gasteiger partial charge in [-0.15, -0.1) is 0 Å². The number of methoxy groups -OCH3 is 2. The van der Waals surface area contributed by atoms with Crippen molar-refractivity contribution in [2.75, 3.05) is 54.2 Å². The Morgan fingerprint density at radius 3 is 1.50 bits per heavy atom. The summed E-state index contributed by atoms with van der Waals surface area (Å²) in [5.74, 6) is 1.02. The Bertz CT molecular complexity index is 2130. The minimum Gasteiger partial charge on any atom is -0.490 e. The molecule has 0 atom stereocenters. The molecular weight excluding hydrogens is 684 g/mol. The van der Waals surface area contributed by atoms with Gasteiger partial charge in [0.25, 0.3) is 0 Å². The molecule has 4 N–H and O–H groups in total. The highest BCUT2D eigenvalue weighted by molar-refractivity contribution is 6.06. The Hall–Kier alpha value is -6.66. The zero-order chi connectivity index (χ0) is 36.2. The van der Waals surface area contributed by atoms with E-state index in [9.17, 15) is 19.8 Å². The number of carbonyl (C=O) groups is 2. The molecule has 0 saturated carbocycles. The Labute approximate surface area is 293 Å². The van der Waals surface area contributed by atoms with E-state index in [1.165, 1.54) is 25.0 Å². The molecule has 6 heterocycles. The number of aromatic amines is 2. The van der Waals surface area contributed by atoms with Crippen LogP contribution in [0.4, 0.5) is 0 Å². The number of benzene rings is 2. The second-order valence-electron chi connectivity index (χ2n) is 10.9. The van der Waals surface area contributed by atoms with Crippen LogP contribution >= 0.6 is 0 Å². The summed E-state index contributed by atoms with van der Waals surface area (Å²) in [5.41, 5.74) is 3.78. The van der Waals surface area contributed by atoms with Crippen LogP contribution < -0.4 is 28.4 Å². The Morgan fingerprint density at radius 2 is 1.10 bits per heavy atom. The van der Waals surface area contributed by atoms with E-state index < -0.39 is 11.9 Å². The molecule has 18 nitrogen and oxygen atoms in total. The summed E-state index contributed by atoms with van der Waals surface area (Å²) in [6.45, 7) is 1.68. The molecule has 0 fully saturated rings. The first kappa shape index (κ1) is 33.8. The number of rotatable bonds is 12. The van der Waals surface area contributed by atoms with Gasteiger partial charge in [0.2, 0.25) is 13.6 Å². The molecule has 52 heavy (non-hydrogen) atoms. The molecule has 0 radical (unpaired) electrons. The van der Waals surface area contributed by atoms with Crippen LogP contribution in [0.25, 0.3) is 44.6 Å². The van der Waals surface area contributed by atoms with Gasteiger partial charge in [-0.3, -0.25) is 0 Å². The van der Waals surface area contributed by atoms with Gasteiger partial charge in [0.05, 0.1) is 35.4 Å². The molecule has 0 bridgehead atoms. The molecule has 6 aromatic rings. The van der Waals surface area contributed by atoms with Crippen molar-refractivity contribution in [3.63, 3.8) is 0 Å². The van der Waals surface area contributed by atoms with E-state index in [2.05, 4.69) is 29.9 Å². The van der Waals surface area contributed by atoms with E-state index in [-0.39, 0.29) is 24.7 Å². The van der Waals surface area contributed by atoms with Gasteiger partial charge in [0, 0.05) is 26.6 Å². The number of carboxylic acid groups (broad SMARTS) is 2. The van der Waals surface area contributed by atoms with Crippen molar-refractivity contribution in [2.45, 2.75) is 0 Å². The van der Waals surface area contributed by atoms with Crippen molar-refractivity contribution in [1.82, 2.24) is 29.9 Å². The number of carboxylic acids is 2. The fourth-order valence-electron chi connectivity index (χ4n) is 5.65. The van der Waals surface area contributed by atoms with E-state index in [1.807, 2.05) is 0 Å². The van der Waals surface area contributed by atoms with E-state index in [1.54, 1.807) is 38.5 Å². The molecular formula is C34H30N6O12. The Morgan fingerprint density at radius 1 is 0.654 bits per heavy atom. The lowest BCUT2D eigenvalue weighted by atomic mass is 10.1. The minimum absolute atomic E-state index is 0.0650. The van der Waals surface area contributed by atoms with Crippen LogP contribution in [0, 0.1) is 0 Å². The highest BCUT2D eigenvalue weighted by Crippen LogP contribution is 2.49. The first-order valence-electron chi connectivity index (χ1n) is 15.6. The molecule has 0 amide bonds. The first-order valence-corrected chi connectivity index (χ1v) is 15.6. The Kier molecular flexibility index (Phi) is 9.54. The molecule has 0 spiro atoms. The van der Waals surface area contributed by atoms with E-state index >= 15 is 0 Å². The highest BCUT2D eigenvalue weighted by Gasteiger charge is 2.29. The van der Waals surface area contributed by atoms with Crippen LogP contribution in [0.5, 0.6) is 34.5 Å². The molecule has 8 rings (SSSR count). The predicted molar refractivity (Wildman–Crippen MR) is 180 cm³/mol. The molecule has 268 valence electrons. The molecule has 2 aromatic carbocycles. The van der Waals surface area contributed by atoms with Gasteiger partial charge in [0.15, 0.2) is 23.0 Å². The van der Waals surface area contributed by atoms with E-state index in [0.717, 1.165) is 0 Å². The van der Waals surface area contributed by atoms with Crippen molar-refractivity contribution in [3.05, 3.63) is 60.4 Å². The monoisotopic (exact) mass is 714 g/mol. The van der Waals surface area contributed by atoms with Crippen molar-refractivity contribution in [1.29, 1.82) is 0 Å². The number of hydrogen-bond donors (Lipinski definition) is 4.